The Balaban J connectivity index is 1.30. The van der Waals surface area contributed by atoms with E-state index in [4.69, 9.17) is 4.98 Å². The van der Waals surface area contributed by atoms with Crippen LogP contribution < -0.4 is 5.32 Å². The van der Waals surface area contributed by atoms with Crippen LogP contribution in [0.3, 0.4) is 0 Å². The molecule has 4 aromatic rings. The van der Waals surface area contributed by atoms with E-state index in [-0.39, 0.29) is 11.8 Å². The molecule has 0 atom stereocenters. The van der Waals surface area contributed by atoms with Crippen molar-refractivity contribution in [2.75, 3.05) is 18.4 Å². The van der Waals surface area contributed by atoms with Gasteiger partial charge in [0.15, 0.2) is 4.34 Å². The average Bonchev–Trinajstić information content (AvgIpc) is 3.53. The second-order valence-corrected chi connectivity index (χ2v) is 12.2. The number of aromatic nitrogens is 1. The van der Waals surface area contributed by atoms with Crippen molar-refractivity contribution in [2.45, 2.75) is 22.9 Å². The fourth-order valence-corrected chi connectivity index (χ4v) is 7.46. The zero-order valence-electron chi connectivity index (χ0n) is 18.6. The van der Waals surface area contributed by atoms with Gasteiger partial charge in [0.05, 0.1) is 21.3 Å². The summed E-state index contributed by atoms with van der Waals surface area (Å²) in [6.07, 6.45) is 2.02. The first-order chi connectivity index (χ1) is 17.0. The number of carbonyl (C=O) groups is 2. The second-order valence-electron chi connectivity index (χ2n) is 8.19. The van der Waals surface area contributed by atoms with Crippen molar-refractivity contribution >= 4 is 82.7 Å². The molecule has 0 saturated carbocycles. The minimum Gasteiger partial charge on any atom is -0.339 e. The molecule has 1 saturated heterocycles. The van der Waals surface area contributed by atoms with E-state index < -0.39 is 0 Å². The Labute approximate surface area is 228 Å². The molecule has 0 aliphatic carbocycles. The van der Waals surface area contributed by atoms with E-state index in [1.165, 1.54) is 5.56 Å². The van der Waals surface area contributed by atoms with Crippen LogP contribution in [0.4, 0.5) is 5.69 Å². The highest BCUT2D eigenvalue weighted by Crippen LogP contribution is 2.35. The van der Waals surface area contributed by atoms with Gasteiger partial charge in [-0.1, -0.05) is 61.8 Å². The van der Waals surface area contributed by atoms with Gasteiger partial charge in [-0.15, -0.1) is 11.3 Å². The summed E-state index contributed by atoms with van der Waals surface area (Å²) < 4.78 is 4.08. The van der Waals surface area contributed by atoms with Gasteiger partial charge < -0.3 is 10.2 Å². The molecular weight excluding hydrogens is 610 g/mol. The zero-order valence-corrected chi connectivity index (χ0v) is 23.4. The minimum atomic E-state index is -0.285. The van der Waals surface area contributed by atoms with Gasteiger partial charge in [-0.3, -0.25) is 9.59 Å². The first-order valence-corrected chi connectivity index (χ1v) is 14.5. The topological polar surface area (TPSA) is 62.3 Å². The molecule has 1 aliphatic rings. The Kier molecular flexibility index (Phi) is 7.57. The number of thiazole rings is 1. The predicted molar refractivity (Wildman–Crippen MR) is 151 cm³/mol. The molecule has 1 N–H and O–H groups in total. The lowest BCUT2D eigenvalue weighted by atomic mass is 10.1. The first-order valence-electron chi connectivity index (χ1n) is 11.1. The molecule has 0 radical (unpaired) electrons. The lowest BCUT2D eigenvalue weighted by Gasteiger charge is -2.17. The molecule has 2 heterocycles. The fourth-order valence-electron chi connectivity index (χ4n) is 3.98. The molecule has 1 fully saturated rings. The van der Waals surface area contributed by atoms with E-state index in [1.54, 1.807) is 47.4 Å². The molecule has 5 rings (SSSR count). The van der Waals surface area contributed by atoms with Crippen LogP contribution in [0.2, 0.25) is 0 Å². The average molecular weight is 631 g/mol. The molecule has 5 nitrogen and oxygen atoms in total. The molecule has 9 heteroatoms. The van der Waals surface area contributed by atoms with Crippen LogP contribution in [-0.2, 0) is 5.75 Å². The standard InChI is InChI=1S/C26H21Br2N3O2S2/c27-17-8-7-16(21(28)13-17)15-34-26-30-22-10-9-18(14-23(22)35-26)29-24(32)19-5-1-2-6-20(19)25(33)31-11-3-4-12-31/h1-2,5-10,13-14H,3-4,11-12,15H2,(H,29,32). The van der Waals surface area contributed by atoms with Gasteiger partial charge in [-0.2, -0.15) is 0 Å². The number of halogens is 2. The lowest BCUT2D eigenvalue weighted by molar-refractivity contribution is 0.0787. The number of carbonyl (C=O) groups excluding carboxylic acids is 2. The third kappa shape index (κ3) is 5.63. The Hall–Kier alpha value is -2.20. The summed E-state index contributed by atoms with van der Waals surface area (Å²) in [5.74, 6) is 0.441. The zero-order chi connectivity index (χ0) is 24.4. The van der Waals surface area contributed by atoms with Crippen molar-refractivity contribution in [1.82, 2.24) is 9.88 Å². The number of amides is 2. The van der Waals surface area contributed by atoms with Gasteiger partial charge in [0, 0.05) is 33.5 Å². The molecule has 3 aromatic carbocycles. The van der Waals surface area contributed by atoms with Crippen molar-refractivity contribution in [3.63, 3.8) is 0 Å². The van der Waals surface area contributed by atoms with Crippen molar-refractivity contribution < 1.29 is 9.59 Å². The van der Waals surface area contributed by atoms with Crippen LogP contribution in [0.25, 0.3) is 10.2 Å². The summed E-state index contributed by atoms with van der Waals surface area (Å²) in [5.41, 5.74) is 3.62. The maximum Gasteiger partial charge on any atom is 0.256 e. The number of benzene rings is 3. The van der Waals surface area contributed by atoms with Crippen molar-refractivity contribution in [3.05, 3.63) is 86.3 Å². The highest BCUT2D eigenvalue weighted by Gasteiger charge is 2.24. The number of likely N-dealkylation sites (tertiary alicyclic amines) is 1. The van der Waals surface area contributed by atoms with Crippen LogP contribution >= 0.6 is 55.0 Å². The molecule has 1 aliphatic heterocycles. The fraction of sp³-hybridized carbons (Fsp3) is 0.192. The monoisotopic (exact) mass is 629 g/mol. The van der Waals surface area contributed by atoms with Crippen LogP contribution in [0, 0.1) is 0 Å². The highest BCUT2D eigenvalue weighted by molar-refractivity contribution is 9.11. The van der Waals surface area contributed by atoms with E-state index in [0.29, 0.717) is 16.8 Å². The molecular formula is C26H21Br2N3O2S2. The number of hydrogen-bond acceptors (Lipinski definition) is 5. The molecule has 2 amide bonds. The van der Waals surface area contributed by atoms with Gasteiger partial charge in [0.2, 0.25) is 0 Å². The Morgan fingerprint density at radius 2 is 1.77 bits per heavy atom. The largest absolute Gasteiger partial charge is 0.339 e. The van der Waals surface area contributed by atoms with Crippen LogP contribution in [0.5, 0.6) is 0 Å². The number of fused-ring (bicyclic) bond motifs is 1. The lowest BCUT2D eigenvalue weighted by Crippen LogP contribution is -2.29. The Morgan fingerprint density at radius 3 is 2.54 bits per heavy atom. The van der Waals surface area contributed by atoms with Gasteiger partial charge in [0.25, 0.3) is 11.8 Å². The summed E-state index contributed by atoms with van der Waals surface area (Å²) in [6, 6.07) is 18.9. The predicted octanol–water partition coefficient (Wildman–Crippen LogP) is 7.60. The summed E-state index contributed by atoms with van der Waals surface area (Å²) in [7, 11) is 0. The number of nitrogens with one attached hydrogen (secondary N) is 1. The smallest absolute Gasteiger partial charge is 0.256 e. The van der Waals surface area contributed by atoms with Gasteiger partial charge in [-0.25, -0.2) is 4.98 Å². The Morgan fingerprint density at radius 1 is 1.00 bits per heavy atom. The summed E-state index contributed by atoms with van der Waals surface area (Å²) in [4.78, 5) is 32.6. The summed E-state index contributed by atoms with van der Waals surface area (Å²) in [5, 5.41) is 2.97. The minimum absolute atomic E-state index is 0.0785. The quantitative estimate of drug-likeness (QED) is 0.223. The van der Waals surface area contributed by atoms with Crippen LogP contribution in [0.1, 0.15) is 39.1 Å². The van der Waals surface area contributed by atoms with Gasteiger partial charge in [-0.05, 0) is 60.9 Å². The van der Waals surface area contributed by atoms with E-state index in [9.17, 15) is 9.59 Å². The molecule has 0 spiro atoms. The SMILES string of the molecule is O=C(Nc1ccc2nc(SCc3ccc(Br)cc3Br)sc2c1)c1ccccc1C(=O)N1CCCC1. The van der Waals surface area contributed by atoms with Crippen LogP contribution in [-0.4, -0.2) is 34.8 Å². The summed E-state index contributed by atoms with van der Waals surface area (Å²) >= 11 is 10.4. The highest BCUT2D eigenvalue weighted by atomic mass is 79.9. The Bertz CT molecular complexity index is 1420. The van der Waals surface area contributed by atoms with Gasteiger partial charge >= 0.3 is 0 Å². The molecule has 0 unspecified atom stereocenters. The van der Waals surface area contributed by atoms with E-state index in [0.717, 1.165) is 55.2 Å². The van der Waals surface area contributed by atoms with E-state index in [1.807, 2.05) is 35.2 Å². The second kappa shape index (κ2) is 10.8. The number of nitrogens with zero attached hydrogens (tertiary/aromatic N) is 2. The first kappa shape index (κ1) is 24.5. The molecule has 178 valence electrons. The number of rotatable bonds is 6. The summed E-state index contributed by atoms with van der Waals surface area (Å²) in [6.45, 7) is 1.49. The van der Waals surface area contributed by atoms with E-state index in [2.05, 4.69) is 43.2 Å². The van der Waals surface area contributed by atoms with Crippen molar-refractivity contribution in [3.8, 4) is 0 Å². The maximum absolute atomic E-state index is 13.1. The molecule has 1 aromatic heterocycles. The van der Waals surface area contributed by atoms with Crippen LogP contribution in [0.15, 0.2) is 73.9 Å². The van der Waals surface area contributed by atoms with Crippen molar-refractivity contribution in [1.29, 1.82) is 0 Å². The number of thioether (sulfide) groups is 1. The maximum atomic E-state index is 13.1. The number of anilines is 1. The normalized spacial score (nSPS) is 13.4. The molecule has 0 bridgehead atoms. The number of hydrogen-bond donors (Lipinski definition) is 1. The van der Waals surface area contributed by atoms with Crippen molar-refractivity contribution in [2.24, 2.45) is 0 Å². The van der Waals surface area contributed by atoms with Gasteiger partial charge in [0.1, 0.15) is 0 Å². The van der Waals surface area contributed by atoms with E-state index >= 15 is 0 Å². The molecule has 35 heavy (non-hydrogen) atoms. The third-order valence-electron chi connectivity index (χ3n) is 5.79. The third-order valence-corrected chi connectivity index (χ3v) is 9.23.